The SMILES string of the molecule is Cc1nn(-c2ccc3nnc(C)n3c2)c(C)c1CCC(=O)N1CCC(Br)C1. The zero-order valence-electron chi connectivity index (χ0n) is 15.8. The van der Waals surface area contributed by atoms with E-state index in [1.54, 1.807) is 0 Å². The third-order valence-corrected chi connectivity index (χ3v) is 6.06. The van der Waals surface area contributed by atoms with Crippen molar-refractivity contribution in [1.82, 2.24) is 29.3 Å². The average Bonchev–Trinajstić information content (AvgIpc) is 3.32. The number of nitrogens with zero attached hydrogens (tertiary/aromatic N) is 6. The Morgan fingerprint density at radius 1 is 1.26 bits per heavy atom. The molecule has 4 rings (SSSR count). The fraction of sp³-hybridized carbons (Fsp3) is 0.474. The molecule has 3 aromatic rings. The molecule has 1 saturated heterocycles. The number of amides is 1. The highest BCUT2D eigenvalue weighted by Gasteiger charge is 2.24. The van der Waals surface area contributed by atoms with Gasteiger partial charge < -0.3 is 4.90 Å². The molecule has 3 aromatic heterocycles. The van der Waals surface area contributed by atoms with Gasteiger partial charge >= 0.3 is 0 Å². The zero-order chi connectivity index (χ0) is 19.1. The summed E-state index contributed by atoms with van der Waals surface area (Å²) in [6.45, 7) is 7.67. The van der Waals surface area contributed by atoms with Gasteiger partial charge in [0.25, 0.3) is 0 Å². The Labute approximate surface area is 166 Å². The number of halogens is 1. The normalized spacial score (nSPS) is 17.2. The fourth-order valence-electron chi connectivity index (χ4n) is 3.74. The monoisotopic (exact) mass is 430 g/mol. The van der Waals surface area contributed by atoms with E-state index in [9.17, 15) is 4.79 Å². The van der Waals surface area contributed by atoms with E-state index in [1.165, 1.54) is 0 Å². The largest absolute Gasteiger partial charge is 0.342 e. The van der Waals surface area contributed by atoms with Gasteiger partial charge in [-0.1, -0.05) is 15.9 Å². The number of carbonyl (C=O) groups excluding carboxylic acids is 1. The Morgan fingerprint density at radius 2 is 2.07 bits per heavy atom. The first kappa shape index (κ1) is 18.2. The zero-order valence-corrected chi connectivity index (χ0v) is 17.4. The second-order valence-electron chi connectivity index (χ2n) is 7.15. The van der Waals surface area contributed by atoms with Crippen LogP contribution >= 0.6 is 15.9 Å². The summed E-state index contributed by atoms with van der Waals surface area (Å²) < 4.78 is 3.90. The van der Waals surface area contributed by atoms with Crippen molar-refractivity contribution in [3.05, 3.63) is 41.1 Å². The number of aromatic nitrogens is 5. The summed E-state index contributed by atoms with van der Waals surface area (Å²) in [4.78, 5) is 14.9. The van der Waals surface area contributed by atoms with Gasteiger partial charge in [0, 0.05) is 36.2 Å². The summed E-state index contributed by atoms with van der Waals surface area (Å²) in [6, 6.07) is 3.94. The van der Waals surface area contributed by atoms with Crippen LogP contribution in [0.25, 0.3) is 11.3 Å². The molecular weight excluding hydrogens is 408 g/mol. The smallest absolute Gasteiger partial charge is 0.222 e. The molecule has 27 heavy (non-hydrogen) atoms. The number of likely N-dealkylation sites (tertiary alicyclic amines) is 1. The van der Waals surface area contributed by atoms with E-state index in [1.807, 2.05) is 46.2 Å². The number of alkyl halides is 1. The maximum absolute atomic E-state index is 12.5. The van der Waals surface area contributed by atoms with Gasteiger partial charge in [0.2, 0.25) is 5.91 Å². The molecule has 1 unspecified atom stereocenters. The lowest BCUT2D eigenvalue weighted by Gasteiger charge is -2.15. The van der Waals surface area contributed by atoms with Crippen LogP contribution in [0.3, 0.4) is 0 Å². The second-order valence-corrected chi connectivity index (χ2v) is 8.44. The van der Waals surface area contributed by atoms with Crippen molar-refractivity contribution in [2.75, 3.05) is 13.1 Å². The van der Waals surface area contributed by atoms with Gasteiger partial charge in [0.1, 0.15) is 5.82 Å². The lowest BCUT2D eigenvalue weighted by Crippen LogP contribution is -2.29. The minimum Gasteiger partial charge on any atom is -0.342 e. The summed E-state index contributed by atoms with van der Waals surface area (Å²) in [5.74, 6) is 1.07. The first-order valence-electron chi connectivity index (χ1n) is 9.22. The Balaban J connectivity index is 1.55. The van der Waals surface area contributed by atoms with Crippen molar-refractivity contribution in [2.24, 2.45) is 0 Å². The van der Waals surface area contributed by atoms with Crippen LogP contribution in [0, 0.1) is 20.8 Å². The topological polar surface area (TPSA) is 68.3 Å². The van der Waals surface area contributed by atoms with Gasteiger partial charge in [0.05, 0.1) is 11.4 Å². The summed E-state index contributed by atoms with van der Waals surface area (Å²) in [5, 5.41) is 13.0. The van der Waals surface area contributed by atoms with Gasteiger partial charge in [0.15, 0.2) is 5.65 Å². The molecule has 0 aromatic carbocycles. The number of rotatable bonds is 4. The first-order chi connectivity index (χ1) is 12.9. The lowest BCUT2D eigenvalue weighted by atomic mass is 10.1. The highest BCUT2D eigenvalue weighted by Crippen LogP contribution is 2.22. The number of carbonyl (C=O) groups is 1. The third-order valence-electron chi connectivity index (χ3n) is 5.32. The standard InChI is InChI=1S/C19H23BrN6O/c1-12-17(5-7-19(27)24-9-8-15(20)10-24)13(2)26(23-12)16-4-6-18-22-21-14(3)25(18)11-16/h4,6,11,15H,5,7-10H2,1-3H3. The molecule has 1 aliphatic heterocycles. The Morgan fingerprint density at radius 3 is 2.81 bits per heavy atom. The molecule has 7 nitrogen and oxygen atoms in total. The molecule has 1 atom stereocenters. The average molecular weight is 431 g/mol. The maximum Gasteiger partial charge on any atom is 0.222 e. The van der Waals surface area contributed by atoms with Crippen LogP contribution in [-0.2, 0) is 11.2 Å². The number of hydrogen-bond donors (Lipinski definition) is 0. The molecule has 1 fully saturated rings. The van der Waals surface area contributed by atoms with Gasteiger partial charge in [-0.3, -0.25) is 9.20 Å². The number of aryl methyl sites for hydroxylation is 2. The molecule has 0 saturated carbocycles. The molecule has 0 aliphatic carbocycles. The van der Waals surface area contributed by atoms with E-state index in [2.05, 4.69) is 33.1 Å². The highest BCUT2D eigenvalue weighted by atomic mass is 79.9. The van der Waals surface area contributed by atoms with Crippen molar-refractivity contribution in [2.45, 2.75) is 44.9 Å². The van der Waals surface area contributed by atoms with Crippen LogP contribution in [0.4, 0.5) is 0 Å². The van der Waals surface area contributed by atoms with Crippen molar-refractivity contribution in [1.29, 1.82) is 0 Å². The van der Waals surface area contributed by atoms with Crippen LogP contribution < -0.4 is 0 Å². The number of fused-ring (bicyclic) bond motifs is 1. The van der Waals surface area contributed by atoms with Gasteiger partial charge in [-0.2, -0.15) is 5.10 Å². The molecule has 142 valence electrons. The Hall–Kier alpha value is -2.22. The molecule has 1 aliphatic rings. The van der Waals surface area contributed by atoms with E-state index in [0.717, 1.165) is 53.6 Å². The van der Waals surface area contributed by atoms with E-state index < -0.39 is 0 Å². The molecule has 0 N–H and O–H groups in total. The maximum atomic E-state index is 12.5. The van der Waals surface area contributed by atoms with Crippen molar-refractivity contribution < 1.29 is 4.79 Å². The van der Waals surface area contributed by atoms with E-state index >= 15 is 0 Å². The van der Waals surface area contributed by atoms with Crippen LogP contribution in [0.2, 0.25) is 0 Å². The minimum atomic E-state index is 0.227. The van der Waals surface area contributed by atoms with Crippen LogP contribution in [-0.4, -0.2) is 53.1 Å². The predicted octanol–water partition coefficient (Wildman–Crippen LogP) is 2.77. The molecule has 8 heteroatoms. The van der Waals surface area contributed by atoms with Gasteiger partial charge in [-0.25, -0.2) is 4.68 Å². The molecule has 0 bridgehead atoms. The quantitative estimate of drug-likeness (QED) is 0.596. The fourth-order valence-corrected chi connectivity index (χ4v) is 4.30. The summed E-state index contributed by atoms with van der Waals surface area (Å²) >= 11 is 3.60. The van der Waals surface area contributed by atoms with E-state index in [0.29, 0.717) is 17.7 Å². The minimum absolute atomic E-state index is 0.227. The first-order valence-corrected chi connectivity index (χ1v) is 10.1. The van der Waals surface area contributed by atoms with Crippen LogP contribution in [0.5, 0.6) is 0 Å². The van der Waals surface area contributed by atoms with Gasteiger partial charge in [-0.15, -0.1) is 10.2 Å². The summed E-state index contributed by atoms with van der Waals surface area (Å²) in [6.07, 6.45) is 4.27. The molecule has 0 radical (unpaired) electrons. The van der Waals surface area contributed by atoms with E-state index in [-0.39, 0.29) is 5.91 Å². The summed E-state index contributed by atoms with van der Waals surface area (Å²) in [5.41, 5.74) is 4.98. The van der Waals surface area contributed by atoms with Crippen molar-refractivity contribution in [3.63, 3.8) is 0 Å². The molecule has 0 spiro atoms. The van der Waals surface area contributed by atoms with Crippen molar-refractivity contribution in [3.8, 4) is 5.69 Å². The summed E-state index contributed by atoms with van der Waals surface area (Å²) in [7, 11) is 0. The molecule has 4 heterocycles. The van der Waals surface area contributed by atoms with Crippen molar-refractivity contribution >= 4 is 27.5 Å². The predicted molar refractivity (Wildman–Crippen MR) is 107 cm³/mol. The van der Waals surface area contributed by atoms with Crippen LogP contribution in [0.15, 0.2) is 18.3 Å². The Bertz CT molecular complexity index is 1010. The third kappa shape index (κ3) is 3.38. The Kier molecular flexibility index (Phi) is 4.75. The lowest BCUT2D eigenvalue weighted by molar-refractivity contribution is -0.130. The molecule has 1 amide bonds. The second kappa shape index (κ2) is 7.07. The van der Waals surface area contributed by atoms with E-state index in [4.69, 9.17) is 5.10 Å². The van der Waals surface area contributed by atoms with Crippen LogP contribution in [0.1, 0.15) is 35.6 Å². The number of pyridine rings is 1. The highest BCUT2D eigenvalue weighted by molar-refractivity contribution is 9.09. The van der Waals surface area contributed by atoms with Gasteiger partial charge in [-0.05, 0) is 51.3 Å². The molecular formula is C19H23BrN6O. The number of hydrogen-bond acceptors (Lipinski definition) is 4.